The molecule has 16 heavy (non-hydrogen) atoms. The third-order valence-corrected chi connectivity index (χ3v) is 4.44. The predicted molar refractivity (Wildman–Crippen MR) is 71.7 cm³/mol. The van der Waals surface area contributed by atoms with Gasteiger partial charge in [0.05, 0.1) is 11.1 Å². The third-order valence-electron chi connectivity index (χ3n) is 2.01. The van der Waals surface area contributed by atoms with Crippen molar-refractivity contribution in [1.82, 2.24) is 0 Å². The molecular weight excluding hydrogens is 315 g/mol. The van der Waals surface area contributed by atoms with Crippen molar-refractivity contribution >= 4 is 39.3 Å². The van der Waals surface area contributed by atoms with Gasteiger partial charge in [-0.2, -0.15) is 11.8 Å². The molecule has 0 aliphatic carbocycles. The Balaban J connectivity index is 2.84. The van der Waals surface area contributed by atoms with Crippen molar-refractivity contribution in [2.45, 2.75) is 25.2 Å². The van der Waals surface area contributed by atoms with E-state index in [4.69, 9.17) is 11.6 Å². The second-order valence-electron chi connectivity index (χ2n) is 3.66. The van der Waals surface area contributed by atoms with Crippen molar-refractivity contribution in [3.8, 4) is 0 Å². The molecule has 1 unspecified atom stereocenters. The molecule has 1 nitrogen and oxygen atoms in total. The molecule has 0 fully saturated rings. The Hall–Kier alpha value is 0.230. The van der Waals surface area contributed by atoms with E-state index in [2.05, 4.69) is 15.9 Å². The molecule has 0 saturated heterocycles. The average Bonchev–Trinajstić information content (AvgIpc) is 2.23. The van der Waals surface area contributed by atoms with Gasteiger partial charge < -0.3 is 5.11 Å². The minimum atomic E-state index is -0.821. The first kappa shape index (κ1) is 14.3. The minimum absolute atomic E-state index is 0.0195. The van der Waals surface area contributed by atoms with Crippen molar-refractivity contribution in [1.29, 1.82) is 0 Å². The lowest BCUT2D eigenvalue weighted by atomic mass is 10.1. The standard InChI is InChI=1S/C11H13BrClFOS/c1-6(2)16-5-9(15)7-3-4-8(12)10(13)11(7)14/h3-4,6,9,15H,5H2,1-2H3. The van der Waals surface area contributed by atoms with Crippen molar-refractivity contribution in [2.75, 3.05) is 5.75 Å². The summed E-state index contributed by atoms with van der Waals surface area (Å²) in [5, 5.41) is 10.3. The Kier molecular flexibility index (Phi) is 5.57. The quantitative estimate of drug-likeness (QED) is 0.826. The van der Waals surface area contributed by atoms with Crippen LogP contribution in [0.15, 0.2) is 16.6 Å². The number of aliphatic hydroxyl groups excluding tert-OH is 1. The van der Waals surface area contributed by atoms with Gasteiger partial charge in [0, 0.05) is 15.8 Å². The number of rotatable bonds is 4. The molecule has 1 atom stereocenters. The first-order chi connectivity index (χ1) is 7.43. The summed E-state index contributed by atoms with van der Waals surface area (Å²) in [5.74, 6) is -0.0834. The molecule has 0 radical (unpaired) electrons. The normalized spacial score (nSPS) is 13.2. The molecule has 0 aliphatic heterocycles. The summed E-state index contributed by atoms with van der Waals surface area (Å²) in [7, 11) is 0. The fourth-order valence-electron chi connectivity index (χ4n) is 1.17. The van der Waals surface area contributed by atoms with Gasteiger partial charge in [0.15, 0.2) is 0 Å². The number of halogens is 3. The summed E-state index contributed by atoms with van der Waals surface area (Å²) in [6.07, 6.45) is -0.821. The molecule has 1 aromatic carbocycles. The van der Waals surface area contributed by atoms with E-state index in [-0.39, 0.29) is 10.6 Å². The topological polar surface area (TPSA) is 20.2 Å². The van der Waals surface area contributed by atoms with E-state index < -0.39 is 11.9 Å². The first-order valence-electron chi connectivity index (χ1n) is 4.86. The molecule has 0 heterocycles. The van der Waals surface area contributed by atoms with Crippen molar-refractivity contribution in [2.24, 2.45) is 0 Å². The molecule has 1 N–H and O–H groups in total. The van der Waals surface area contributed by atoms with Crippen LogP contribution < -0.4 is 0 Å². The van der Waals surface area contributed by atoms with Gasteiger partial charge in [0.1, 0.15) is 5.82 Å². The van der Waals surface area contributed by atoms with E-state index in [0.717, 1.165) is 0 Å². The van der Waals surface area contributed by atoms with Crippen LogP contribution in [0.3, 0.4) is 0 Å². The maximum Gasteiger partial charge on any atom is 0.148 e. The predicted octanol–water partition coefficient (Wildman–Crippen LogP) is 4.42. The number of thioether (sulfide) groups is 1. The molecule has 0 spiro atoms. The maximum absolute atomic E-state index is 13.7. The monoisotopic (exact) mass is 326 g/mol. The summed E-state index contributed by atoms with van der Waals surface area (Å²) in [6, 6.07) is 3.20. The number of hydrogen-bond donors (Lipinski definition) is 1. The summed E-state index contributed by atoms with van der Waals surface area (Å²) in [4.78, 5) is 0. The van der Waals surface area contributed by atoms with Gasteiger partial charge in [0.2, 0.25) is 0 Å². The summed E-state index contributed by atoms with van der Waals surface area (Å²) >= 11 is 10.5. The van der Waals surface area contributed by atoms with Crippen molar-refractivity contribution in [3.05, 3.63) is 33.0 Å². The van der Waals surface area contributed by atoms with Crippen LogP contribution in [0.5, 0.6) is 0 Å². The molecule has 0 aliphatic rings. The van der Waals surface area contributed by atoms with Crippen molar-refractivity contribution < 1.29 is 9.50 Å². The van der Waals surface area contributed by atoms with Crippen LogP contribution >= 0.6 is 39.3 Å². The average molecular weight is 328 g/mol. The van der Waals surface area contributed by atoms with Crippen LogP contribution in [-0.4, -0.2) is 16.1 Å². The zero-order chi connectivity index (χ0) is 12.3. The summed E-state index contributed by atoms with van der Waals surface area (Å²) in [5.41, 5.74) is 0.251. The van der Waals surface area contributed by atoms with Crippen LogP contribution in [0.1, 0.15) is 25.5 Å². The van der Waals surface area contributed by atoms with Gasteiger partial charge >= 0.3 is 0 Å². The van der Waals surface area contributed by atoms with Gasteiger partial charge in [-0.15, -0.1) is 0 Å². The lowest BCUT2D eigenvalue weighted by molar-refractivity contribution is 0.199. The Morgan fingerprint density at radius 1 is 1.50 bits per heavy atom. The van der Waals surface area contributed by atoms with Crippen LogP contribution in [0.4, 0.5) is 4.39 Å². The zero-order valence-electron chi connectivity index (χ0n) is 9.01. The third kappa shape index (κ3) is 3.62. The highest BCUT2D eigenvalue weighted by molar-refractivity contribution is 9.10. The summed E-state index contributed by atoms with van der Waals surface area (Å²) in [6.45, 7) is 4.06. The van der Waals surface area contributed by atoms with E-state index in [1.807, 2.05) is 13.8 Å². The highest BCUT2D eigenvalue weighted by atomic mass is 79.9. The second kappa shape index (κ2) is 6.24. The molecule has 1 rings (SSSR count). The van der Waals surface area contributed by atoms with E-state index in [1.54, 1.807) is 23.9 Å². The summed E-state index contributed by atoms with van der Waals surface area (Å²) < 4.78 is 14.2. The second-order valence-corrected chi connectivity index (χ2v) is 6.50. The SMILES string of the molecule is CC(C)SCC(O)c1ccc(Br)c(Cl)c1F. The highest BCUT2D eigenvalue weighted by Gasteiger charge is 2.17. The Morgan fingerprint density at radius 2 is 2.12 bits per heavy atom. The van der Waals surface area contributed by atoms with Crippen LogP contribution in [0.25, 0.3) is 0 Å². The van der Waals surface area contributed by atoms with Gasteiger partial charge in [0.25, 0.3) is 0 Å². The number of benzene rings is 1. The molecule has 0 saturated carbocycles. The maximum atomic E-state index is 13.7. The van der Waals surface area contributed by atoms with Gasteiger partial charge in [-0.1, -0.05) is 31.5 Å². The van der Waals surface area contributed by atoms with E-state index in [1.165, 1.54) is 0 Å². The number of aliphatic hydroxyl groups is 1. The van der Waals surface area contributed by atoms with E-state index in [0.29, 0.717) is 15.5 Å². The lowest BCUT2D eigenvalue weighted by Crippen LogP contribution is -2.06. The molecule has 0 amide bonds. The Morgan fingerprint density at radius 3 is 2.69 bits per heavy atom. The van der Waals surface area contributed by atoms with E-state index >= 15 is 0 Å². The van der Waals surface area contributed by atoms with Gasteiger partial charge in [-0.05, 0) is 27.2 Å². The molecule has 0 aromatic heterocycles. The fourth-order valence-corrected chi connectivity index (χ4v) is 2.40. The molecule has 0 bridgehead atoms. The van der Waals surface area contributed by atoms with Gasteiger partial charge in [-0.25, -0.2) is 4.39 Å². The van der Waals surface area contributed by atoms with Crippen LogP contribution in [0.2, 0.25) is 5.02 Å². The fraction of sp³-hybridized carbons (Fsp3) is 0.455. The molecular formula is C11H13BrClFOS. The number of hydrogen-bond acceptors (Lipinski definition) is 2. The minimum Gasteiger partial charge on any atom is -0.387 e. The van der Waals surface area contributed by atoms with Crippen LogP contribution in [-0.2, 0) is 0 Å². The molecule has 5 heteroatoms. The molecule has 90 valence electrons. The van der Waals surface area contributed by atoms with Gasteiger partial charge in [-0.3, -0.25) is 0 Å². The van der Waals surface area contributed by atoms with E-state index in [9.17, 15) is 9.50 Å². The first-order valence-corrected chi connectivity index (χ1v) is 7.08. The van der Waals surface area contributed by atoms with Crippen molar-refractivity contribution in [3.63, 3.8) is 0 Å². The highest BCUT2D eigenvalue weighted by Crippen LogP contribution is 2.31. The smallest absolute Gasteiger partial charge is 0.148 e. The zero-order valence-corrected chi connectivity index (χ0v) is 12.2. The molecule has 1 aromatic rings. The Labute approximate surface area is 113 Å². The lowest BCUT2D eigenvalue weighted by Gasteiger charge is -2.14. The largest absolute Gasteiger partial charge is 0.387 e. The van der Waals surface area contributed by atoms with Crippen LogP contribution in [0, 0.1) is 5.82 Å². The Bertz CT molecular complexity index is 373.